The molecule has 0 bridgehead atoms. The zero-order chi connectivity index (χ0) is 14.1. The van der Waals surface area contributed by atoms with Gasteiger partial charge in [0.2, 0.25) is 0 Å². The van der Waals surface area contributed by atoms with E-state index in [1.54, 1.807) is 0 Å². The molecule has 3 unspecified atom stereocenters. The normalized spacial score (nSPS) is 29.4. The monoisotopic (exact) mass is 273 g/mol. The van der Waals surface area contributed by atoms with Crippen molar-refractivity contribution in [2.45, 2.75) is 44.8 Å². The summed E-state index contributed by atoms with van der Waals surface area (Å²) >= 11 is 0. The molecule has 2 aliphatic rings. The third-order valence-corrected chi connectivity index (χ3v) is 5.04. The second kappa shape index (κ2) is 5.84. The summed E-state index contributed by atoms with van der Waals surface area (Å²) in [5.41, 5.74) is 8.84. The number of rotatable bonds is 3. The Labute approximate surface area is 122 Å². The number of fused-ring (bicyclic) bond motifs is 1. The second-order valence-corrected chi connectivity index (χ2v) is 6.50. The Bertz CT molecular complexity index is 459. The summed E-state index contributed by atoms with van der Waals surface area (Å²) in [7, 11) is 0. The molecule has 0 spiro atoms. The van der Waals surface area contributed by atoms with E-state index in [-0.39, 0.29) is 0 Å². The molecular weight excluding hydrogens is 246 g/mol. The first-order valence-electron chi connectivity index (χ1n) is 7.95. The fourth-order valence-corrected chi connectivity index (χ4v) is 3.98. The second-order valence-electron chi connectivity index (χ2n) is 6.50. The van der Waals surface area contributed by atoms with Crippen molar-refractivity contribution in [1.29, 1.82) is 0 Å². The molecule has 3 heteroatoms. The summed E-state index contributed by atoms with van der Waals surface area (Å²) in [5.74, 6) is 0. The largest absolute Gasteiger partial charge is 0.329 e. The highest BCUT2D eigenvalue weighted by Gasteiger charge is 2.37. The minimum Gasteiger partial charge on any atom is -0.329 e. The van der Waals surface area contributed by atoms with Gasteiger partial charge < -0.3 is 5.73 Å². The van der Waals surface area contributed by atoms with Gasteiger partial charge in [-0.3, -0.25) is 9.80 Å². The molecule has 0 saturated carbocycles. The Balaban J connectivity index is 1.81. The maximum absolute atomic E-state index is 6.13. The van der Waals surface area contributed by atoms with E-state index in [1.165, 1.54) is 43.6 Å². The minimum absolute atomic E-state index is 0.368. The van der Waals surface area contributed by atoms with Gasteiger partial charge in [-0.1, -0.05) is 29.8 Å². The fourth-order valence-electron chi connectivity index (χ4n) is 3.98. The van der Waals surface area contributed by atoms with Crippen LogP contribution in [0.3, 0.4) is 0 Å². The highest BCUT2D eigenvalue weighted by atomic mass is 15.3. The molecule has 1 aromatic rings. The van der Waals surface area contributed by atoms with Gasteiger partial charge in [0.15, 0.2) is 0 Å². The maximum Gasteiger partial charge on any atom is 0.0474 e. The predicted molar refractivity (Wildman–Crippen MR) is 83.7 cm³/mol. The molecule has 3 nitrogen and oxygen atoms in total. The molecule has 2 heterocycles. The standard InChI is InChI=1S/C17H27N3/c1-13-5-3-6-15(9-13)17(10-18)20-12-16-7-4-8-19(16)11-14(20)2/h3,5-6,9,14,16-17H,4,7-8,10-12,18H2,1-2H3. The van der Waals surface area contributed by atoms with Crippen molar-refractivity contribution in [1.82, 2.24) is 9.80 Å². The topological polar surface area (TPSA) is 32.5 Å². The Hall–Kier alpha value is -0.900. The smallest absolute Gasteiger partial charge is 0.0474 e. The van der Waals surface area contributed by atoms with Crippen LogP contribution in [0.2, 0.25) is 0 Å². The first-order valence-corrected chi connectivity index (χ1v) is 7.95. The highest BCUT2D eigenvalue weighted by molar-refractivity contribution is 5.26. The summed E-state index contributed by atoms with van der Waals surface area (Å²) in [6, 6.07) is 10.6. The van der Waals surface area contributed by atoms with Gasteiger partial charge in [0.25, 0.3) is 0 Å². The number of nitrogens with zero attached hydrogens (tertiary/aromatic N) is 2. The van der Waals surface area contributed by atoms with E-state index in [9.17, 15) is 0 Å². The third kappa shape index (κ3) is 2.62. The summed E-state index contributed by atoms with van der Waals surface area (Å²) in [4.78, 5) is 5.31. The Kier molecular flexibility index (Phi) is 4.11. The molecule has 20 heavy (non-hydrogen) atoms. The number of aryl methyl sites for hydroxylation is 1. The summed E-state index contributed by atoms with van der Waals surface area (Å²) in [6.45, 7) is 8.90. The number of nitrogens with two attached hydrogens (primary N) is 1. The number of hydrogen-bond acceptors (Lipinski definition) is 3. The highest BCUT2D eigenvalue weighted by Crippen LogP contribution is 2.31. The molecule has 1 aromatic carbocycles. The molecule has 2 N–H and O–H groups in total. The van der Waals surface area contributed by atoms with Crippen LogP contribution in [0.25, 0.3) is 0 Å². The number of benzene rings is 1. The molecule has 0 aromatic heterocycles. The van der Waals surface area contributed by atoms with Gasteiger partial charge in [0.05, 0.1) is 0 Å². The molecule has 3 rings (SSSR count). The van der Waals surface area contributed by atoms with Crippen LogP contribution in [-0.2, 0) is 0 Å². The van der Waals surface area contributed by atoms with Gasteiger partial charge in [-0.25, -0.2) is 0 Å². The molecule has 0 radical (unpaired) electrons. The summed E-state index contributed by atoms with van der Waals surface area (Å²) in [5, 5.41) is 0. The van der Waals surface area contributed by atoms with Crippen LogP contribution in [0.15, 0.2) is 24.3 Å². The Morgan fingerprint density at radius 3 is 2.95 bits per heavy atom. The van der Waals surface area contributed by atoms with Crippen molar-refractivity contribution >= 4 is 0 Å². The Morgan fingerprint density at radius 2 is 2.20 bits per heavy atom. The lowest BCUT2D eigenvalue weighted by Crippen LogP contribution is -2.56. The van der Waals surface area contributed by atoms with Crippen LogP contribution in [0, 0.1) is 6.92 Å². The zero-order valence-corrected chi connectivity index (χ0v) is 12.8. The van der Waals surface area contributed by atoms with E-state index >= 15 is 0 Å². The SMILES string of the molecule is Cc1cccc(C(CN)N2CC3CCCN3CC2C)c1. The molecule has 0 amide bonds. The van der Waals surface area contributed by atoms with Gasteiger partial charge in [-0.05, 0) is 38.8 Å². The van der Waals surface area contributed by atoms with E-state index in [2.05, 4.69) is 47.9 Å². The van der Waals surface area contributed by atoms with Crippen molar-refractivity contribution in [3.05, 3.63) is 35.4 Å². The molecule has 2 fully saturated rings. The fraction of sp³-hybridized carbons (Fsp3) is 0.647. The van der Waals surface area contributed by atoms with Crippen LogP contribution >= 0.6 is 0 Å². The molecule has 2 saturated heterocycles. The third-order valence-electron chi connectivity index (χ3n) is 5.04. The van der Waals surface area contributed by atoms with Crippen molar-refractivity contribution < 1.29 is 0 Å². The molecule has 2 aliphatic heterocycles. The molecular formula is C17H27N3. The van der Waals surface area contributed by atoms with E-state index in [0.29, 0.717) is 18.6 Å². The van der Waals surface area contributed by atoms with E-state index in [4.69, 9.17) is 5.73 Å². The Morgan fingerprint density at radius 1 is 1.35 bits per heavy atom. The summed E-state index contributed by atoms with van der Waals surface area (Å²) in [6.07, 6.45) is 2.72. The van der Waals surface area contributed by atoms with Crippen molar-refractivity contribution in [2.75, 3.05) is 26.2 Å². The number of hydrogen-bond donors (Lipinski definition) is 1. The van der Waals surface area contributed by atoms with Crippen LogP contribution in [-0.4, -0.2) is 48.1 Å². The average Bonchev–Trinajstić information content (AvgIpc) is 2.87. The molecule has 110 valence electrons. The lowest BCUT2D eigenvalue weighted by Gasteiger charge is -2.46. The van der Waals surface area contributed by atoms with Gasteiger partial charge in [0, 0.05) is 37.8 Å². The number of piperazine rings is 1. The van der Waals surface area contributed by atoms with E-state index in [1.807, 2.05) is 0 Å². The van der Waals surface area contributed by atoms with Crippen molar-refractivity contribution in [3.63, 3.8) is 0 Å². The van der Waals surface area contributed by atoms with E-state index < -0.39 is 0 Å². The first-order chi connectivity index (χ1) is 9.69. The van der Waals surface area contributed by atoms with Crippen molar-refractivity contribution in [2.24, 2.45) is 5.73 Å². The van der Waals surface area contributed by atoms with Crippen LogP contribution in [0.1, 0.15) is 36.9 Å². The van der Waals surface area contributed by atoms with Gasteiger partial charge >= 0.3 is 0 Å². The van der Waals surface area contributed by atoms with Gasteiger partial charge in [0.1, 0.15) is 0 Å². The summed E-state index contributed by atoms with van der Waals surface area (Å²) < 4.78 is 0. The minimum atomic E-state index is 0.368. The van der Waals surface area contributed by atoms with Crippen LogP contribution < -0.4 is 5.73 Å². The first kappa shape index (κ1) is 14.1. The molecule has 3 atom stereocenters. The lowest BCUT2D eigenvalue weighted by atomic mass is 9.98. The quantitative estimate of drug-likeness (QED) is 0.916. The van der Waals surface area contributed by atoms with Gasteiger partial charge in [-0.15, -0.1) is 0 Å². The zero-order valence-electron chi connectivity index (χ0n) is 12.8. The van der Waals surface area contributed by atoms with Crippen molar-refractivity contribution in [3.8, 4) is 0 Å². The lowest BCUT2D eigenvalue weighted by molar-refractivity contribution is 0.0296. The predicted octanol–water partition coefficient (Wildman–Crippen LogP) is 2.16. The van der Waals surface area contributed by atoms with Gasteiger partial charge in [-0.2, -0.15) is 0 Å². The van der Waals surface area contributed by atoms with Crippen LogP contribution in [0.5, 0.6) is 0 Å². The van der Waals surface area contributed by atoms with Crippen LogP contribution in [0.4, 0.5) is 0 Å². The average molecular weight is 273 g/mol. The maximum atomic E-state index is 6.13. The molecule has 0 aliphatic carbocycles. The van der Waals surface area contributed by atoms with E-state index in [0.717, 1.165) is 6.04 Å².